The molecule has 2 rings (SSSR count). The molecule has 0 aliphatic carbocycles. The van der Waals surface area contributed by atoms with Crippen LogP contribution in [0.2, 0.25) is 0 Å². The molecule has 9 heteroatoms. The van der Waals surface area contributed by atoms with E-state index in [1.807, 2.05) is 6.92 Å². The highest BCUT2D eigenvalue weighted by atomic mass is 32.2. The second-order valence-corrected chi connectivity index (χ2v) is 9.10. The molecule has 1 amide bonds. The van der Waals surface area contributed by atoms with Crippen LogP contribution < -0.4 is 9.50 Å². The van der Waals surface area contributed by atoms with Crippen LogP contribution in [0.4, 0.5) is 4.79 Å². The van der Waals surface area contributed by atoms with E-state index in [1.54, 1.807) is 32.9 Å². The highest BCUT2D eigenvalue weighted by molar-refractivity contribution is 7.87. The molecular weight excluding hydrogens is 410 g/mol. The summed E-state index contributed by atoms with van der Waals surface area (Å²) < 4.78 is 40.2. The van der Waals surface area contributed by atoms with E-state index in [4.69, 9.17) is 13.7 Å². The minimum absolute atomic E-state index is 0.0292. The first-order valence-electron chi connectivity index (χ1n) is 9.13. The first kappa shape index (κ1) is 23.2. The lowest BCUT2D eigenvalue weighted by atomic mass is 10.2. The van der Waals surface area contributed by atoms with E-state index in [0.29, 0.717) is 5.56 Å². The number of ether oxygens (including phenoxy) is 2. The van der Waals surface area contributed by atoms with Crippen LogP contribution in [0.25, 0.3) is 0 Å². The second kappa shape index (κ2) is 9.17. The minimum atomic E-state index is -4.00. The first-order chi connectivity index (χ1) is 13.9. The topological polar surface area (TPSA) is 108 Å². The van der Waals surface area contributed by atoms with Crippen molar-refractivity contribution in [2.24, 2.45) is 0 Å². The van der Waals surface area contributed by atoms with Crippen molar-refractivity contribution in [1.29, 1.82) is 0 Å². The van der Waals surface area contributed by atoms with Crippen molar-refractivity contribution >= 4 is 22.2 Å². The third kappa shape index (κ3) is 7.07. The lowest BCUT2D eigenvalue weighted by Gasteiger charge is -2.23. The van der Waals surface area contributed by atoms with E-state index in [9.17, 15) is 18.0 Å². The summed E-state index contributed by atoms with van der Waals surface area (Å²) in [5.74, 6) is -0.545. The molecule has 0 fully saturated rings. The molecule has 0 radical (unpaired) electrons. The number of amides is 1. The van der Waals surface area contributed by atoms with E-state index < -0.39 is 34.0 Å². The molecular formula is C21H25NO7S. The molecule has 30 heavy (non-hydrogen) atoms. The predicted molar refractivity (Wildman–Crippen MR) is 109 cm³/mol. The summed E-state index contributed by atoms with van der Waals surface area (Å²) in [6.45, 7) is 8.16. The Morgan fingerprint density at radius 3 is 2.03 bits per heavy atom. The van der Waals surface area contributed by atoms with Crippen molar-refractivity contribution < 1.29 is 31.7 Å². The van der Waals surface area contributed by atoms with Crippen molar-refractivity contribution in [3.8, 4) is 5.75 Å². The molecule has 0 saturated heterocycles. The van der Waals surface area contributed by atoms with Crippen molar-refractivity contribution in [3.63, 3.8) is 0 Å². The maximum atomic E-state index is 12.4. The van der Waals surface area contributed by atoms with Gasteiger partial charge in [-0.1, -0.05) is 17.7 Å². The lowest BCUT2D eigenvalue weighted by Crippen LogP contribution is -2.36. The SMILES string of the molecule is CC(=O)OC(NC(=O)OC(C)(C)C)c1ccc(OS(=O)(=O)c2ccc(C)cc2)cc1. The number of carbonyl (C=O) groups excluding carboxylic acids is 2. The van der Waals surface area contributed by atoms with Crippen molar-refractivity contribution in [2.75, 3.05) is 0 Å². The van der Waals surface area contributed by atoms with E-state index in [1.165, 1.54) is 43.3 Å². The van der Waals surface area contributed by atoms with Gasteiger partial charge in [-0.15, -0.1) is 0 Å². The van der Waals surface area contributed by atoms with Gasteiger partial charge in [0.2, 0.25) is 6.23 Å². The molecule has 0 aromatic heterocycles. The molecule has 0 saturated carbocycles. The van der Waals surface area contributed by atoms with Gasteiger partial charge in [-0.2, -0.15) is 8.42 Å². The van der Waals surface area contributed by atoms with Crippen LogP contribution in [0, 0.1) is 6.92 Å². The number of hydrogen-bond donors (Lipinski definition) is 1. The standard InChI is InChI=1S/C21H25NO7S/c1-14-6-12-18(13-7-14)30(25,26)29-17-10-8-16(9-11-17)19(27-15(2)23)22-20(24)28-21(3,4)5/h6-13,19H,1-5H3,(H,22,24). The van der Waals surface area contributed by atoms with Crippen LogP contribution in [0.15, 0.2) is 53.4 Å². The summed E-state index contributed by atoms with van der Waals surface area (Å²) in [5.41, 5.74) is 0.593. The van der Waals surface area contributed by atoms with E-state index in [-0.39, 0.29) is 10.6 Å². The number of nitrogens with one attached hydrogen (secondary N) is 1. The van der Waals surface area contributed by atoms with Crippen LogP contribution in [-0.2, 0) is 24.4 Å². The van der Waals surface area contributed by atoms with Gasteiger partial charge in [0.25, 0.3) is 0 Å². The van der Waals surface area contributed by atoms with Crippen LogP contribution in [0.5, 0.6) is 5.75 Å². The van der Waals surface area contributed by atoms with Crippen LogP contribution >= 0.6 is 0 Å². The lowest BCUT2D eigenvalue weighted by molar-refractivity contribution is -0.148. The fourth-order valence-corrected chi connectivity index (χ4v) is 3.27. The largest absolute Gasteiger partial charge is 0.444 e. The Morgan fingerprint density at radius 1 is 0.967 bits per heavy atom. The fourth-order valence-electron chi connectivity index (χ4n) is 2.34. The Kier molecular flexibility index (Phi) is 7.09. The summed E-state index contributed by atoms with van der Waals surface area (Å²) in [6.07, 6.45) is -1.88. The molecule has 2 aromatic carbocycles. The Morgan fingerprint density at radius 2 is 1.53 bits per heavy atom. The molecule has 0 heterocycles. The van der Waals surface area contributed by atoms with Crippen molar-refractivity contribution in [1.82, 2.24) is 5.32 Å². The van der Waals surface area contributed by atoms with Gasteiger partial charge in [0.1, 0.15) is 16.2 Å². The third-order valence-electron chi connectivity index (χ3n) is 3.63. The summed E-state index contributed by atoms with van der Waals surface area (Å²) in [7, 11) is -4.00. The first-order valence-corrected chi connectivity index (χ1v) is 10.5. The Labute approximate surface area is 176 Å². The van der Waals surface area contributed by atoms with Gasteiger partial charge in [-0.3, -0.25) is 10.1 Å². The van der Waals surface area contributed by atoms with Crippen LogP contribution in [-0.4, -0.2) is 26.1 Å². The van der Waals surface area contributed by atoms with Gasteiger partial charge in [0.15, 0.2) is 0 Å². The minimum Gasteiger partial charge on any atom is -0.444 e. The van der Waals surface area contributed by atoms with Gasteiger partial charge >= 0.3 is 22.2 Å². The summed E-state index contributed by atoms with van der Waals surface area (Å²) in [5, 5.41) is 2.46. The zero-order valence-electron chi connectivity index (χ0n) is 17.5. The molecule has 0 aliphatic rings. The maximum absolute atomic E-state index is 12.4. The summed E-state index contributed by atoms with van der Waals surface area (Å²) >= 11 is 0. The van der Waals surface area contributed by atoms with Gasteiger partial charge in [-0.25, -0.2) is 4.79 Å². The summed E-state index contributed by atoms with van der Waals surface area (Å²) in [4.78, 5) is 23.5. The molecule has 1 atom stereocenters. The van der Waals surface area contributed by atoms with Gasteiger partial charge in [0, 0.05) is 12.5 Å². The van der Waals surface area contributed by atoms with Crippen molar-refractivity contribution in [2.45, 2.75) is 51.3 Å². The molecule has 0 aliphatic heterocycles. The van der Waals surface area contributed by atoms with E-state index >= 15 is 0 Å². The average molecular weight is 435 g/mol. The Balaban J connectivity index is 2.16. The number of hydrogen-bond acceptors (Lipinski definition) is 7. The Hall–Kier alpha value is -3.07. The fraction of sp³-hybridized carbons (Fsp3) is 0.333. The Bertz CT molecular complexity index is 991. The average Bonchev–Trinajstić information content (AvgIpc) is 2.60. The van der Waals surface area contributed by atoms with Crippen molar-refractivity contribution in [3.05, 3.63) is 59.7 Å². The highest BCUT2D eigenvalue weighted by Gasteiger charge is 2.23. The zero-order chi connectivity index (χ0) is 22.5. The molecule has 1 N–H and O–H groups in total. The molecule has 0 spiro atoms. The number of alkyl carbamates (subject to hydrolysis) is 1. The van der Waals surface area contributed by atoms with E-state index in [2.05, 4.69) is 5.32 Å². The molecule has 1 unspecified atom stereocenters. The number of benzene rings is 2. The maximum Gasteiger partial charge on any atom is 0.410 e. The smallest absolute Gasteiger partial charge is 0.410 e. The molecule has 2 aromatic rings. The molecule has 162 valence electrons. The van der Waals surface area contributed by atoms with Crippen LogP contribution in [0.1, 0.15) is 45.0 Å². The molecule has 8 nitrogen and oxygen atoms in total. The van der Waals surface area contributed by atoms with Gasteiger partial charge < -0.3 is 13.7 Å². The summed E-state index contributed by atoms with van der Waals surface area (Å²) in [6, 6.07) is 12.0. The van der Waals surface area contributed by atoms with E-state index in [0.717, 1.165) is 5.56 Å². The number of rotatable bonds is 6. The normalized spacial score (nSPS) is 12.6. The number of carbonyl (C=O) groups is 2. The third-order valence-corrected chi connectivity index (χ3v) is 4.89. The second-order valence-electron chi connectivity index (χ2n) is 7.56. The van der Waals surface area contributed by atoms with Gasteiger partial charge in [-0.05, 0) is 64.1 Å². The monoisotopic (exact) mass is 435 g/mol. The highest BCUT2D eigenvalue weighted by Crippen LogP contribution is 2.23. The quantitative estimate of drug-likeness (QED) is 0.417. The van der Waals surface area contributed by atoms with Crippen LogP contribution in [0.3, 0.4) is 0 Å². The number of aryl methyl sites for hydroxylation is 1. The molecule has 0 bridgehead atoms. The van der Waals surface area contributed by atoms with Gasteiger partial charge in [0.05, 0.1) is 0 Å². The predicted octanol–water partition coefficient (Wildman–Crippen LogP) is 3.85. The number of esters is 1. The zero-order valence-corrected chi connectivity index (χ0v) is 18.3.